The van der Waals surface area contributed by atoms with Crippen molar-refractivity contribution in [2.24, 2.45) is 0 Å². The topological polar surface area (TPSA) is 62.2 Å². The maximum Gasteiger partial charge on any atom is 0.337 e. The van der Waals surface area contributed by atoms with Crippen molar-refractivity contribution in [1.82, 2.24) is 4.90 Å². The molecule has 0 amide bonds. The van der Waals surface area contributed by atoms with Crippen LogP contribution in [0.15, 0.2) is 18.2 Å². The van der Waals surface area contributed by atoms with E-state index in [0.717, 1.165) is 63.5 Å². The van der Waals surface area contributed by atoms with Crippen molar-refractivity contribution in [3.63, 3.8) is 0 Å². The number of methoxy groups -OCH3 is 1. The standard InChI is InChI=1S/C17H24N2O4/c1-22-16-3-2-6-19(16)15-5-4-13(11-14(15)17(20)21)12-18-7-9-23-10-8-18/h4-5,11,16H,2-3,6-10,12H2,1H3,(H,20,21). The van der Waals surface area contributed by atoms with Crippen LogP contribution in [0, 0.1) is 0 Å². The van der Waals surface area contributed by atoms with E-state index < -0.39 is 5.97 Å². The minimum Gasteiger partial charge on any atom is -0.478 e. The van der Waals surface area contributed by atoms with Crippen LogP contribution in [0.2, 0.25) is 0 Å². The van der Waals surface area contributed by atoms with Gasteiger partial charge in [0.25, 0.3) is 0 Å². The molecule has 0 aromatic heterocycles. The summed E-state index contributed by atoms with van der Waals surface area (Å²) in [4.78, 5) is 16.1. The number of carboxylic acids is 1. The molecule has 3 rings (SSSR count). The Kier molecular flexibility index (Phi) is 5.15. The summed E-state index contributed by atoms with van der Waals surface area (Å²) in [5.41, 5.74) is 2.15. The van der Waals surface area contributed by atoms with Gasteiger partial charge in [0.2, 0.25) is 0 Å². The highest BCUT2D eigenvalue weighted by Crippen LogP contribution is 2.30. The lowest BCUT2D eigenvalue weighted by Crippen LogP contribution is -2.35. The summed E-state index contributed by atoms with van der Waals surface area (Å²) >= 11 is 0. The van der Waals surface area contributed by atoms with Gasteiger partial charge in [-0.05, 0) is 30.5 Å². The molecule has 0 aliphatic carbocycles. The van der Waals surface area contributed by atoms with E-state index in [0.29, 0.717) is 5.56 Å². The number of carbonyl (C=O) groups is 1. The Hall–Kier alpha value is -1.63. The summed E-state index contributed by atoms with van der Waals surface area (Å²) in [6.07, 6.45) is 1.93. The molecule has 126 valence electrons. The van der Waals surface area contributed by atoms with Crippen LogP contribution in [-0.2, 0) is 16.0 Å². The molecular formula is C17H24N2O4. The second-order valence-electron chi connectivity index (χ2n) is 6.07. The molecule has 1 unspecified atom stereocenters. The molecule has 1 aromatic carbocycles. The Morgan fingerprint density at radius 2 is 2.13 bits per heavy atom. The van der Waals surface area contributed by atoms with E-state index >= 15 is 0 Å². The first-order valence-corrected chi connectivity index (χ1v) is 8.15. The number of hydrogen-bond acceptors (Lipinski definition) is 5. The normalized spacial score (nSPS) is 22.5. The minimum atomic E-state index is -0.884. The second-order valence-corrected chi connectivity index (χ2v) is 6.07. The highest BCUT2D eigenvalue weighted by Gasteiger charge is 2.28. The lowest BCUT2D eigenvalue weighted by Gasteiger charge is -2.29. The average Bonchev–Trinajstić information content (AvgIpc) is 3.04. The van der Waals surface area contributed by atoms with Crippen LogP contribution in [0.1, 0.15) is 28.8 Å². The Bertz CT molecular complexity index is 558. The molecular weight excluding hydrogens is 296 g/mol. The first-order valence-electron chi connectivity index (χ1n) is 8.15. The van der Waals surface area contributed by atoms with E-state index in [1.807, 2.05) is 12.1 Å². The molecule has 2 fully saturated rings. The molecule has 1 atom stereocenters. The predicted octanol–water partition coefficient (Wildman–Crippen LogP) is 1.79. The van der Waals surface area contributed by atoms with Crippen molar-refractivity contribution < 1.29 is 19.4 Å². The van der Waals surface area contributed by atoms with Gasteiger partial charge in [0.1, 0.15) is 6.23 Å². The van der Waals surface area contributed by atoms with Crippen molar-refractivity contribution in [3.8, 4) is 0 Å². The molecule has 2 saturated heterocycles. The highest BCUT2D eigenvalue weighted by atomic mass is 16.5. The van der Waals surface area contributed by atoms with Crippen molar-refractivity contribution in [1.29, 1.82) is 0 Å². The maximum absolute atomic E-state index is 11.7. The van der Waals surface area contributed by atoms with Crippen LogP contribution in [0.3, 0.4) is 0 Å². The van der Waals surface area contributed by atoms with Gasteiger partial charge in [-0.3, -0.25) is 4.90 Å². The summed E-state index contributed by atoms with van der Waals surface area (Å²) in [6, 6.07) is 5.76. The smallest absolute Gasteiger partial charge is 0.337 e. The first-order chi connectivity index (χ1) is 11.2. The molecule has 0 saturated carbocycles. The number of ether oxygens (including phenoxy) is 2. The SMILES string of the molecule is COC1CCCN1c1ccc(CN2CCOCC2)cc1C(=O)O. The van der Waals surface area contributed by atoms with E-state index in [2.05, 4.69) is 9.80 Å². The Balaban J connectivity index is 1.82. The van der Waals surface area contributed by atoms with Gasteiger partial charge in [0, 0.05) is 33.3 Å². The second kappa shape index (κ2) is 7.29. The summed E-state index contributed by atoms with van der Waals surface area (Å²) in [6.45, 7) is 4.86. The highest BCUT2D eigenvalue weighted by molar-refractivity contribution is 5.94. The average molecular weight is 320 g/mol. The molecule has 0 bridgehead atoms. The molecule has 6 nitrogen and oxygen atoms in total. The van der Waals surface area contributed by atoms with Crippen LogP contribution in [0.5, 0.6) is 0 Å². The van der Waals surface area contributed by atoms with Gasteiger partial charge >= 0.3 is 5.97 Å². The quantitative estimate of drug-likeness (QED) is 0.892. The minimum absolute atomic E-state index is 0.0295. The van der Waals surface area contributed by atoms with Gasteiger partial charge in [0.15, 0.2) is 0 Å². The third-order valence-corrected chi connectivity index (χ3v) is 4.58. The zero-order chi connectivity index (χ0) is 16.2. The molecule has 6 heteroatoms. The fourth-order valence-electron chi connectivity index (χ4n) is 3.38. The third-order valence-electron chi connectivity index (χ3n) is 4.58. The van der Waals surface area contributed by atoms with Crippen LogP contribution in [-0.4, -0.2) is 62.2 Å². The number of morpholine rings is 1. The van der Waals surface area contributed by atoms with Crippen LogP contribution in [0.25, 0.3) is 0 Å². The van der Waals surface area contributed by atoms with Gasteiger partial charge in [0.05, 0.1) is 24.5 Å². The van der Waals surface area contributed by atoms with Crippen LogP contribution >= 0.6 is 0 Å². The predicted molar refractivity (Wildman–Crippen MR) is 86.9 cm³/mol. The summed E-state index contributed by atoms with van der Waals surface area (Å²) < 4.78 is 10.8. The molecule has 1 aromatic rings. The van der Waals surface area contributed by atoms with E-state index in [-0.39, 0.29) is 6.23 Å². The maximum atomic E-state index is 11.7. The number of aromatic carboxylic acids is 1. The molecule has 1 N–H and O–H groups in total. The van der Waals surface area contributed by atoms with Gasteiger partial charge in [-0.1, -0.05) is 6.07 Å². The number of rotatable bonds is 5. The zero-order valence-electron chi connectivity index (χ0n) is 13.5. The third kappa shape index (κ3) is 3.65. The number of hydrogen-bond donors (Lipinski definition) is 1. The van der Waals surface area contributed by atoms with Gasteiger partial charge in [-0.25, -0.2) is 4.79 Å². The summed E-state index contributed by atoms with van der Waals surface area (Å²) in [5, 5.41) is 9.61. The van der Waals surface area contributed by atoms with Gasteiger partial charge in [-0.2, -0.15) is 0 Å². The molecule has 2 aliphatic heterocycles. The number of anilines is 1. The Morgan fingerprint density at radius 1 is 1.35 bits per heavy atom. The molecule has 2 heterocycles. The van der Waals surface area contributed by atoms with E-state index in [1.54, 1.807) is 13.2 Å². The van der Waals surface area contributed by atoms with E-state index in [4.69, 9.17) is 9.47 Å². The van der Waals surface area contributed by atoms with Crippen molar-refractivity contribution in [3.05, 3.63) is 29.3 Å². The summed E-state index contributed by atoms with van der Waals surface area (Å²) in [7, 11) is 1.68. The fourth-order valence-corrected chi connectivity index (χ4v) is 3.38. The monoisotopic (exact) mass is 320 g/mol. The first kappa shape index (κ1) is 16.2. The van der Waals surface area contributed by atoms with Gasteiger partial charge in [-0.15, -0.1) is 0 Å². The molecule has 23 heavy (non-hydrogen) atoms. The Morgan fingerprint density at radius 3 is 2.83 bits per heavy atom. The largest absolute Gasteiger partial charge is 0.478 e. The van der Waals surface area contributed by atoms with Crippen LogP contribution < -0.4 is 4.90 Å². The Labute approximate surface area is 136 Å². The zero-order valence-corrected chi connectivity index (χ0v) is 13.5. The van der Waals surface area contributed by atoms with E-state index in [9.17, 15) is 9.90 Å². The lowest BCUT2D eigenvalue weighted by molar-refractivity contribution is 0.0341. The van der Waals surface area contributed by atoms with Gasteiger partial charge < -0.3 is 19.5 Å². The van der Waals surface area contributed by atoms with Crippen molar-refractivity contribution in [2.75, 3.05) is 44.9 Å². The number of benzene rings is 1. The molecule has 0 spiro atoms. The molecule has 2 aliphatic rings. The lowest BCUT2D eigenvalue weighted by atomic mass is 10.1. The summed E-state index contributed by atoms with van der Waals surface area (Å²) in [5.74, 6) is -0.884. The number of nitrogens with zero attached hydrogens (tertiary/aromatic N) is 2. The molecule has 0 radical (unpaired) electrons. The van der Waals surface area contributed by atoms with Crippen molar-refractivity contribution >= 4 is 11.7 Å². The van der Waals surface area contributed by atoms with E-state index in [1.165, 1.54) is 0 Å². The van der Waals surface area contributed by atoms with Crippen LogP contribution in [0.4, 0.5) is 5.69 Å². The fraction of sp³-hybridized carbons (Fsp3) is 0.588. The number of carboxylic acid groups (broad SMARTS) is 1. The van der Waals surface area contributed by atoms with Crippen molar-refractivity contribution in [2.45, 2.75) is 25.6 Å².